The monoisotopic (exact) mass is 422 g/mol. The molecule has 1 aromatic carbocycles. The molecule has 0 aliphatic carbocycles. The predicted octanol–water partition coefficient (Wildman–Crippen LogP) is 2.30. The topological polar surface area (TPSA) is 116 Å². The Morgan fingerprint density at radius 2 is 2.16 bits per heavy atom. The Hall–Kier alpha value is -3.66. The van der Waals surface area contributed by atoms with Crippen LogP contribution in [0, 0.1) is 12.7 Å². The van der Waals surface area contributed by atoms with E-state index in [2.05, 4.69) is 37.6 Å². The fourth-order valence-corrected chi connectivity index (χ4v) is 4.16. The number of hydrogen-bond donors (Lipinski definition) is 4. The lowest BCUT2D eigenvalue weighted by Gasteiger charge is -2.33. The number of hydrogen-bond acceptors (Lipinski definition) is 6. The number of halogens is 1. The number of aryl methyl sites for hydroxylation is 1. The Labute approximate surface area is 177 Å². The van der Waals surface area contributed by atoms with Crippen molar-refractivity contribution in [3.8, 4) is 0 Å². The number of nitrogens with one attached hydrogen (secondary N) is 3. The van der Waals surface area contributed by atoms with Crippen LogP contribution in [0.4, 0.5) is 21.6 Å². The number of piperazine rings is 1. The van der Waals surface area contributed by atoms with Crippen molar-refractivity contribution in [1.29, 1.82) is 0 Å². The number of benzene rings is 1. The third kappa shape index (κ3) is 3.44. The van der Waals surface area contributed by atoms with Crippen molar-refractivity contribution in [3.05, 3.63) is 47.7 Å². The molecular formula is C21H23FN8O. The van der Waals surface area contributed by atoms with Crippen LogP contribution in [-0.4, -0.2) is 51.2 Å². The Morgan fingerprint density at radius 1 is 1.32 bits per heavy atom. The van der Waals surface area contributed by atoms with Crippen LogP contribution in [0.2, 0.25) is 0 Å². The van der Waals surface area contributed by atoms with Gasteiger partial charge in [-0.1, -0.05) is 0 Å². The molecule has 5 rings (SSSR count). The molecule has 9 nitrogen and oxygen atoms in total. The van der Waals surface area contributed by atoms with Gasteiger partial charge in [0.15, 0.2) is 17.3 Å². The maximum atomic E-state index is 14.5. The molecule has 1 atom stereocenters. The minimum Gasteiger partial charge on any atom is -0.369 e. The number of primary amides is 1. The maximum absolute atomic E-state index is 14.5. The molecule has 31 heavy (non-hydrogen) atoms. The lowest BCUT2D eigenvalue weighted by molar-refractivity contribution is 0.100. The van der Waals surface area contributed by atoms with Crippen molar-refractivity contribution in [2.24, 2.45) is 5.73 Å². The van der Waals surface area contributed by atoms with Crippen LogP contribution in [0.3, 0.4) is 0 Å². The molecule has 1 aliphatic heterocycles. The van der Waals surface area contributed by atoms with E-state index in [-0.39, 0.29) is 5.65 Å². The van der Waals surface area contributed by atoms with Gasteiger partial charge in [-0.25, -0.2) is 9.37 Å². The van der Waals surface area contributed by atoms with Crippen LogP contribution in [0.25, 0.3) is 16.6 Å². The van der Waals surface area contributed by atoms with Gasteiger partial charge in [-0.05, 0) is 26.0 Å². The molecule has 4 aromatic rings. The Bertz CT molecular complexity index is 1310. The van der Waals surface area contributed by atoms with Gasteiger partial charge >= 0.3 is 0 Å². The summed E-state index contributed by atoms with van der Waals surface area (Å²) in [5.74, 6) is -0.603. The summed E-state index contributed by atoms with van der Waals surface area (Å²) in [5.41, 5.74) is 9.11. The molecule has 1 fully saturated rings. The minimum absolute atomic E-state index is 0.252. The zero-order valence-electron chi connectivity index (χ0n) is 17.2. The number of imidazole rings is 1. The van der Waals surface area contributed by atoms with Crippen molar-refractivity contribution >= 4 is 39.6 Å². The normalized spacial score (nSPS) is 16.9. The second-order valence-electron chi connectivity index (χ2n) is 7.97. The van der Waals surface area contributed by atoms with Crippen molar-refractivity contribution in [2.75, 3.05) is 29.9 Å². The Morgan fingerprint density at radius 3 is 2.94 bits per heavy atom. The summed E-state index contributed by atoms with van der Waals surface area (Å²) in [6, 6.07) is 5.45. The van der Waals surface area contributed by atoms with E-state index in [0.717, 1.165) is 25.3 Å². The first-order valence-corrected chi connectivity index (χ1v) is 10.1. The minimum atomic E-state index is -0.550. The van der Waals surface area contributed by atoms with Crippen LogP contribution in [-0.2, 0) is 0 Å². The average Bonchev–Trinajstić information content (AvgIpc) is 3.30. The number of aromatic amines is 1. The SMILES string of the molecule is Cc1cn2cc(Nc3n[nH]c4cc(N5CCNC(C)C5)cc(C(N)=O)c34)cc(F)c2n1. The van der Waals surface area contributed by atoms with Crippen molar-refractivity contribution < 1.29 is 9.18 Å². The number of carbonyl (C=O) groups excluding carboxylic acids is 1. The average molecular weight is 422 g/mol. The van der Waals surface area contributed by atoms with Gasteiger partial charge in [0.1, 0.15) is 0 Å². The molecule has 4 heterocycles. The van der Waals surface area contributed by atoms with Gasteiger partial charge in [-0.2, -0.15) is 5.10 Å². The first-order chi connectivity index (χ1) is 14.9. The number of amides is 1. The second kappa shape index (κ2) is 7.24. The number of H-pyrrole nitrogens is 1. The van der Waals surface area contributed by atoms with Gasteiger partial charge in [0.25, 0.3) is 0 Å². The molecule has 5 N–H and O–H groups in total. The van der Waals surface area contributed by atoms with E-state index in [0.29, 0.717) is 39.7 Å². The van der Waals surface area contributed by atoms with E-state index in [1.165, 1.54) is 6.07 Å². The fourth-order valence-electron chi connectivity index (χ4n) is 4.16. The number of aromatic nitrogens is 4. The smallest absolute Gasteiger partial charge is 0.249 e. The van der Waals surface area contributed by atoms with Crippen LogP contribution < -0.4 is 21.3 Å². The highest BCUT2D eigenvalue weighted by Gasteiger charge is 2.21. The van der Waals surface area contributed by atoms with Crippen LogP contribution >= 0.6 is 0 Å². The number of rotatable bonds is 4. The van der Waals surface area contributed by atoms with E-state index in [4.69, 9.17) is 5.73 Å². The molecule has 160 valence electrons. The zero-order chi connectivity index (χ0) is 21.7. The van der Waals surface area contributed by atoms with Crippen molar-refractivity contribution in [2.45, 2.75) is 19.9 Å². The van der Waals surface area contributed by atoms with E-state index in [9.17, 15) is 9.18 Å². The van der Waals surface area contributed by atoms with Crippen molar-refractivity contribution in [1.82, 2.24) is 24.9 Å². The van der Waals surface area contributed by atoms with Crippen LogP contribution in [0.1, 0.15) is 23.0 Å². The van der Waals surface area contributed by atoms with Crippen molar-refractivity contribution in [3.63, 3.8) is 0 Å². The molecule has 0 saturated carbocycles. The van der Waals surface area contributed by atoms with Gasteiger partial charge in [0, 0.05) is 49.8 Å². The number of nitrogens with two attached hydrogens (primary N) is 1. The molecule has 0 spiro atoms. The summed E-state index contributed by atoms with van der Waals surface area (Å²) in [6.07, 6.45) is 3.46. The summed E-state index contributed by atoms with van der Waals surface area (Å²) >= 11 is 0. The lowest BCUT2D eigenvalue weighted by Crippen LogP contribution is -2.49. The quantitative estimate of drug-likeness (QED) is 0.401. The largest absolute Gasteiger partial charge is 0.369 e. The van der Waals surface area contributed by atoms with Gasteiger partial charge in [-0.3, -0.25) is 9.89 Å². The third-order valence-electron chi connectivity index (χ3n) is 5.54. The molecule has 1 saturated heterocycles. The van der Waals surface area contributed by atoms with E-state index in [1.807, 2.05) is 6.07 Å². The first-order valence-electron chi connectivity index (χ1n) is 10.1. The number of pyridine rings is 1. The number of anilines is 3. The van der Waals surface area contributed by atoms with E-state index >= 15 is 0 Å². The van der Waals surface area contributed by atoms with Gasteiger partial charge in [0.05, 0.1) is 27.8 Å². The van der Waals surface area contributed by atoms with Crippen LogP contribution in [0.15, 0.2) is 30.6 Å². The molecule has 0 bridgehead atoms. The molecule has 10 heteroatoms. The fraction of sp³-hybridized carbons (Fsp3) is 0.286. The summed E-state index contributed by atoms with van der Waals surface area (Å²) in [7, 11) is 0. The summed E-state index contributed by atoms with van der Waals surface area (Å²) in [4.78, 5) is 18.7. The standard InChI is InChI=1S/C21H23FN8O/c1-11-8-29(4-3-24-11)14-6-15(19(23)31)18-17(7-14)27-28-20(18)26-13-5-16(22)21-25-12(2)9-30(21)10-13/h5-7,9-11,24H,3-4,8H2,1-2H3,(H2,23,31)(H2,26,27,28). The Kier molecular flexibility index (Phi) is 4.51. The number of fused-ring (bicyclic) bond motifs is 2. The summed E-state index contributed by atoms with van der Waals surface area (Å²) < 4.78 is 16.1. The first kappa shape index (κ1) is 19.3. The van der Waals surface area contributed by atoms with Gasteiger partial charge < -0.3 is 25.7 Å². The maximum Gasteiger partial charge on any atom is 0.249 e. The van der Waals surface area contributed by atoms with Gasteiger partial charge in [0.2, 0.25) is 5.91 Å². The second-order valence-corrected chi connectivity index (χ2v) is 7.97. The number of nitrogens with zero attached hydrogens (tertiary/aromatic N) is 4. The summed E-state index contributed by atoms with van der Waals surface area (Å²) in [6.45, 7) is 6.44. The zero-order valence-corrected chi connectivity index (χ0v) is 17.2. The highest BCUT2D eigenvalue weighted by molar-refractivity contribution is 6.11. The molecule has 1 unspecified atom stereocenters. The summed E-state index contributed by atoms with van der Waals surface area (Å²) in [5, 5.41) is 14.4. The molecular weight excluding hydrogens is 399 g/mol. The van der Waals surface area contributed by atoms with E-state index in [1.54, 1.807) is 29.8 Å². The predicted molar refractivity (Wildman–Crippen MR) is 117 cm³/mol. The molecule has 1 amide bonds. The Balaban J connectivity index is 1.56. The molecule has 0 radical (unpaired) electrons. The molecule has 1 aliphatic rings. The lowest BCUT2D eigenvalue weighted by atomic mass is 10.1. The third-order valence-corrected chi connectivity index (χ3v) is 5.54. The number of carbonyl (C=O) groups is 1. The van der Waals surface area contributed by atoms with E-state index < -0.39 is 11.7 Å². The molecule has 3 aromatic heterocycles. The highest BCUT2D eigenvalue weighted by Crippen LogP contribution is 2.32. The highest BCUT2D eigenvalue weighted by atomic mass is 19.1. The van der Waals surface area contributed by atoms with Crippen LogP contribution in [0.5, 0.6) is 0 Å². The van der Waals surface area contributed by atoms with Gasteiger partial charge in [-0.15, -0.1) is 0 Å².